The summed E-state index contributed by atoms with van der Waals surface area (Å²) in [7, 11) is 0. The average molecular weight is 442 g/mol. The lowest BCUT2D eigenvalue weighted by Gasteiger charge is -2.20. The average Bonchev–Trinajstić information content (AvgIpc) is 2.84. The first-order valence-corrected chi connectivity index (χ1v) is 10.9. The normalized spacial score (nSPS) is 10.6. The summed E-state index contributed by atoms with van der Waals surface area (Å²) in [6.45, 7) is 0.235. The van der Waals surface area contributed by atoms with Crippen LogP contribution in [-0.2, 0) is 11.3 Å². The molecule has 0 atom stereocenters. The number of pyridine rings is 1. The lowest BCUT2D eigenvalue weighted by atomic mass is 10.2. The molecule has 32 heavy (non-hydrogen) atoms. The van der Waals surface area contributed by atoms with E-state index in [1.165, 1.54) is 16.7 Å². The molecule has 0 radical (unpaired) electrons. The van der Waals surface area contributed by atoms with Gasteiger partial charge in [-0.05, 0) is 35.9 Å². The van der Waals surface area contributed by atoms with Crippen molar-refractivity contribution < 1.29 is 4.79 Å². The largest absolute Gasteiger partial charge is 0.298 e. The maximum atomic E-state index is 13.2. The van der Waals surface area contributed by atoms with Crippen molar-refractivity contribution in [3.05, 3.63) is 95.0 Å². The topological polar surface area (TPSA) is 91.9 Å². The molecule has 0 aliphatic rings. The molecular weight excluding hydrogens is 422 g/mol. The van der Waals surface area contributed by atoms with Gasteiger partial charge in [-0.25, -0.2) is 4.98 Å². The van der Waals surface area contributed by atoms with Crippen LogP contribution >= 0.6 is 11.8 Å². The number of thioether (sulfide) groups is 1. The van der Waals surface area contributed by atoms with Crippen molar-refractivity contribution in [2.24, 2.45) is 0 Å². The van der Waals surface area contributed by atoms with E-state index < -0.39 is 0 Å². The number of anilines is 1. The van der Waals surface area contributed by atoms with E-state index in [9.17, 15) is 14.9 Å². The number of para-hydroxylation sites is 2. The summed E-state index contributed by atoms with van der Waals surface area (Å²) in [6, 6.07) is 21.9. The molecule has 2 aromatic heterocycles. The Kier molecular flexibility index (Phi) is 6.58. The van der Waals surface area contributed by atoms with E-state index in [1.807, 2.05) is 42.5 Å². The lowest BCUT2D eigenvalue weighted by Crippen LogP contribution is -2.33. The molecule has 7 nitrogen and oxygen atoms in total. The van der Waals surface area contributed by atoms with Crippen LogP contribution in [0.15, 0.2) is 89.1 Å². The Hall–Kier alpha value is -3.96. The van der Waals surface area contributed by atoms with Gasteiger partial charge in [0.1, 0.15) is 6.54 Å². The number of nitriles is 1. The predicted octanol–water partition coefficient (Wildman–Crippen LogP) is 3.49. The van der Waals surface area contributed by atoms with Crippen molar-refractivity contribution in [3.63, 3.8) is 0 Å². The Bertz CT molecular complexity index is 1330. The molecule has 0 aliphatic carbocycles. The highest BCUT2D eigenvalue weighted by Gasteiger charge is 2.18. The molecular formula is C24H19N5O2S. The maximum Gasteiger partial charge on any atom is 0.262 e. The van der Waals surface area contributed by atoms with Crippen molar-refractivity contribution in [2.45, 2.75) is 11.7 Å². The van der Waals surface area contributed by atoms with Crippen LogP contribution in [0.4, 0.5) is 5.69 Å². The molecule has 4 rings (SSSR count). The number of carbonyl (C=O) groups is 1. The molecule has 2 aromatic carbocycles. The molecule has 0 fully saturated rings. The van der Waals surface area contributed by atoms with Gasteiger partial charge in [-0.1, -0.05) is 48.2 Å². The van der Waals surface area contributed by atoms with E-state index >= 15 is 0 Å². The lowest BCUT2D eigenvalue weighted by molar-refractivity contribution is -0.116. The van der Waals surface area contributed by atoms with Gasteiger partial charge in [0.15, 0.2) is 5.16 Å². The highest BCUT2D eigenvalue weighted by Crippen LogP contribution is 2.21. The summed E-state index contributed by atoms with van der Waals surface area (Å²) in [5.74, 6) is -0.202. The molecule has 1 amide bonds. The predicted molar refractivity (Wildman–Crippen MR) is 124 cm³/mol. The summed E-state index contributed by atoms with van der Waals surface area (Å²) < 4.78 is 1.56. The van der Waals surface area contributed by atoms with Crippen LogP contribution in [0, 0.1) is 11.3 Å². The SMILES string of the molecule is N#CCN(C(=O)CSc1nc2ccccc2c(=O)n1Cc1cccnc1)c1ccccc1. The fourth-order valence-electron chi connectivity index (χ4n) is 3.28. The third-order valence-corrected chi connectivity index (χ3v) is 5.77. The Morgan fingerprint density at radius 1 is 1.06 bits per heavy atom. The van der Waals surface area contributed by atoms with Crippen LogP contribution in [0.25, 0.3) is 10.9 Å². The van der Waals surface area contributed by atoms with Crippen LogP contribution in [0.3, 0.4) is 0 Å². The Morgan fingerprint density at radius 3 is 2.59 bits per heavy atom. The number of hydrogen-bond donors (Lipinski definition) is 0. The molecule has 0 spiro atoms. The molecule has 0 bridgehead atoms. The molecule has 0 unspecified atom stereocenters. The zero-order valence-electron chi connectivity index (χ0n) is 17.1. The van der Waals surface area contributed by atoms with E-state index in [0.717, 1.165) is 5.56 Å². The van der Waals surface area contributed by atoms with Gasteiger partial charge < -0.3 is 0 Å². The maximum absolute atomic E-state index is 13.2. The number of rotatable bonds is 7. The second kappa shape index (κ2) is 9.90. The number of benzene rings is 2. The zero-order valence-corrected chi connectivity index (χ0v) is 17.9. The van der Waals surface area contributed by atoms with E-state index in [1.54, 1.807) is 47.3 Å². The smallest absolute Gasteiger partial charge is 0.262 e. The summed E-state index contributed by atoms with van der Waals surface area (Å²) in [5, 5.41) is 10.1. The highest BCUT2D eigenvalue weighted by molar-refractivity contribution is 7.99. The van der Waals surface area contributed by atoms with Crippen LogP contribution in [0.5, 0.6) is 0 Å². The monoisotopic (exact) mass is 441 g/mol. The van der Waals surface area contributed by atoms with Gasteiger partial charge in [0.25, 0.3) is 5.56 Å². The molecule has 0 saturated carbocycles. The second-order valence-electron chi connectivity index (χ2n) is 6.93. The van der Waals surface area contributed by atoms with Crippen molar-refractivity contribution in [1.29, 1.82) is 5.26 Å². The van der Waals surface area contributed by atoms with Crippen LogP contribution in [0.1, 0.15) is 5.56 Å². The quantitative estimate of drug-likeness (QED) is 0.248. The third kappa shape index (κ3) is 4.68. The first-order valence-electron chi connectivity index (χ1n) is 9.91. The summed E-state index contributed by atoms with van der Waals surface area (Å²) in [5.41, 5.74) is 1.91. The first-order chi connectivity index (χ1) is 15.7. The van der Waals surface area contributed by atoms with Crippen molar-refractivity contribution >= 4 is 34.3 Å². The Morgan fingerprint density at radius 2 is 1.84 bits per heavy atom. The summed E-state index contributed by atoms with van der Waals surface area (Å²) in [6.07, 6.45) is 3.37. The van der Waals surface area contributed by atoms with Crippen molar-refractivity contribution in [3.8, 4) is 6.07 Å². The minimum Gasteiger partial charge on any atom is -0.298 e. The van der Waals surface area contributed by atoms with Crippen molar-refractivity contribution in [2.75, 3.05) is 17.2 Å². The summed E-state index contributed by atoms with van der Waals surface area (Å²) >= 11 is 1.18. The fraction of sp³-hybridized carbons (Fsp3) is 0.125. The number of amides is 1. The number of nitrogens with zero attached hydrogens (tertiary/aromatic N) is 5. The van der Waals surface area contributed by atoms with Gasteiger partial charge in [-0.15, -0.1) is 0 Å². The van der Waals surface area contributed by atoms with Crippen LogP contribution in [0.2, 0.25) is 0 Å². The van der Waals surface area contributed by atoms with Gasteiger partial charge >= 0.3 is 0 Å². The molecule has 8 heteroatoms. The first kappa shape index (κ1) is 21.3. The molecule has 2 heterocycles. The van der Waals surface area contributed by atoms with Gasteiger partial charge in [-0.3, -0.25) is 24.0 Å². The Balaban J connectivity index is 1.65. The van der Waals surface area contributed by atoms with E-state index in [4.69, 9.17) is 0 Å². The van der Waals surface area contributed by atoms with Crippen LogP contribution in [-0.4, -0.2) is 32.7 Å². The minimum absolute atomic E-state index is 0.0361. The summed E-state index contributed by atoms with van der Waals surface area (Å²) in [4.78, 5) is 36.4. The third-order valence-electron chi connectivity index (χ3n) is 4.81. The number of hydrogen-bond acceptors (Lipinski definition) is 6. The second-order valence-corrected chi connectivity index (χ2v) is 7.87. The number of fused-ring (bicyclic) bond motifs is 1. The van der Waals surface area contributed by atoms with Crippen molar-refractivity contribution in [1.82, 2.24) is 14.5 Å². The van der Waals surface area contributed by atoms with Gasteiger partial charge in [-0.2, -0.15) is 5.26 Å². The minimum atomic E-state index is -0.238. The van der Waals surface area contributed by atoms with E-state index in [2.05, 4.69) is 9.97 Å². The molecule has 4 aromatic rings. The van der Waals surface area contributed by atoms with E-state index in [0.29, 0.717) is 28.3 Å². The Labute approximate surface area is 189 Å². The van der Waals surface area contributed by atoms with E-state index in [-0.39, 0.29) is 23.8 Å². The van der Waals surface area contributed by atoms with Crippen LogP contribution < -0.4 is 10.5 Å². The van der Waals surface area contributed by atoms with Gasteiger partial charge in [0.2, 0.25) is 5.91 Å². The zero-order chi connectivity index (χ0) is 22.3. The van der Waals surface area contributed by atoms with Gasteiger partial charge in [0.05, 0.1) is 29.3 Å². The molecule has 0 saturated heterocycles. The number of aromatic nitrogens is 3. The molecule has 0 aliphatic heterocycles. The molecule has 158 valence electrons. The standard InChI is InChI=1S/C24H19N5O2S/c25-12-14-28(19-8-2-1-3-9-19)22(30)17-32-24-27-21-11-5-4-10-20(21)23(31)29(24)16-18-7-6-13-26-15-18/h1-11,13,15H,14,16-17H2. The fourth-order valence-corrected chi connectivity index (χ4v) is 4.15. The highest BCUT2D eigenvalue weighted by atomic mass is 32.2. The number of carbonyl (C=O) groups excluding carboxylic acids is 1. The van der Waals surface area contributed by atoms with Gasteiger partial charge in [0, 0.05) is 18.1 Å². The molecule has 0 N–H and O–H groups in total.